The molecule has 0 atom stereocenters. The van der Waals surface area contributed by atoms with Gasteiger partial charge in [-0.1, -0.05) is 6.07 Å². The fourth-order valence-corrected chi connectivity index (χ4v) is 3.77. The van der Waals surface area contributed by atoms with Crippen molar-refractivity contribution in [3.63, 3.8) is 0 Å². The van der Waals surface area contributed by atoms with Gasteiger partial charge in [0.25, 0.3) is 5.91 Å². The lowest BCUT2D eigenvalue weighted by Gasteiger charge is -2.25. The molecular weight excluding hydrogens is 408 g/mol. The molecule has 32 heavy (non-hydrogen) atoms. The van der Waals surface area contributed by atoms with Gasteiger partial charge in [-0.25, -0.2) is 9.97 Å². The maximum absolute atomic E-state index is 12.5. The van der Waals surface area contributed by atoms with Crippen molar-refractivity contribution in [1.29, 1.82) is 0 Å². The summed E-state index contributed by atoms with van der Waals surface area (Å²) in [5.74, 6) is 0.541. The van der Waals surface area contributed by atoms with Gasteiger partial charge in [0, 0.05) is 30.3 Å². The van der Waals surface area contributed by atoms with Crippen LogP contribution >= 0.6 is 0 Å². The zero-order valence-electron chi connectivity index (χ0n) is 17.9. The lowest BCUT2D eigenvalue weighted by Crippen LogP contribution is -2.46. The van der Waals surface area contributed by atoms with Crippen LogP contribution < -0.4 is 11.1 Å². The van der Waals surface area contributed by atoms with E-state index in [9.17, 15) is 4.79 Å². The maximum atomic E-state index is 12.5. The van der Waals surface area contributed by atoms with Crippen LogP contribution in [0.4, 0.5) is 5.82 Å². The van der Waals surface area contributed by atoms with Crippen LogP contribution in [0.5, 0.6) is 0 Å². The van der Waals surface area contributed by atoms with Crippen molar-refractivity contribution in [2.45, 2.75) is 32.9 Å². The van der Waals surface area contributed by atoms with Crippen LogP contribution in [0.15, 0.2) is 47.3 Å². The number of nitrogen functional groups attached to an aromatic ring is 1. The Kier molecular flexibility index (Phi) is 4.43. The van der Waals surface area contributed by atoms with Crippen molar-refractivity contribution in [2.24, 2.45) is 0 Å². The zero-order valence-corrected chi connectivity index (χ0v) is 17.9. The number of oxazole rings is 1. The molecule has 4 aromatic heterocycles. The summed E-state index contributed by atoms with van der Waals surface area (Å²) in [5, 5.41) is 16.3. The summed E-state index contributed by atoms with van der Waals surface area (Å²) in [6.07, 6.45) is 4.91. The number of H-pyrrole nitrogens is 1. The fraction of sp³-hybridized carbons (Fsp3) is 0.227. The largest absolute Gasteiger partial charge is 0.448 e. The summed E-state index contributed by atoms with van der Waals surface area (Å²) in [5.41, 5.74) is 9.28. The van der Waals surface area contributed by atoms with Crippen molar-refractivity contribution in [1.82, 2.24) is 35.3 Å². The Labute approximate surface area is 182 Å². The third kappa shape index (κ3) is 3.55. The van der Waals surface area contributed by atoms with E-state index in [0.717, 1.165) is 33.1 Å². The highest BCUT2D eigenvalue weighted by atomic mass is 16.3. The lowest BCUT2D eigenvalue weighted by atomic mass is 10.1. The summed E-state index contributed by atoms with van der Waals surface area (Å²) in [6, 6.07) is 7.84. The summed E-state index contributed by atoms with van der Waals surface area (Å²) in [4.78, 5) is 21.1. The Morgan fingerprint density at radius 2 is 2.09 bits per heavy atom. The van der Waals surface area contributed by atoms with Gasteiger partial charge in [-0.05, 0) is 32.0 Å². The topological polar surface area (TPSA) is 141 Å². The van der Waals surface area contributed by atoms with Crippen molar-refractivity contribution >= 4 is 33.5 Å². The number of amides is 1. The standard InChI is InChI=1S/C22H22N8O2/c1-12-25-18(10-32-12)21(31)27-22(2,3)11-30-9-15-19(29-30)14-5-4-13(16-6-7-24-28-16)8-17(14)26-20(15)23/h4-10H,11H2,1-3H3,(H2,23,26)(H,24,28)(H,27,31). The van der Waals surface area contributed by atoms with Gasteiger partial charge in [0.05, 0.1) is 28.7 Å². The van der Waals surface area contributed by atoms with E-state index < -0.39 is 5.54 Å². The molecule has 0 aliphatic rings. The molecular formula is C22H22N8O2. The first kappa shape index (κ1) is 19.7. The summed E-state index contributed by atoms with van der Waals surface area (Å²) in [6.45, 7) is 5.95. The third-order valence-corrected chi connectivity index (χ3v) is 5.20. The van der Waals surface area contributed by atoms with Crippen LogP contribution in [-0.4, -0.2) is 41.4 Å². The molecule has 10 heteroatoms. The molecule has 4 N–H and O–H groups in total. The van der Waals surface area contributed by atoms with Gasteiger partial charge in [0.15, 0.2) is 11.6 Å². The number of aromatic nitrogens is 6. The highest BCUT2D eigenvalue weighted by molar-refractivity contribution is 6.08. The number of hydrogen-bond donors (Lipinski definition) is 3. The van der Waals surface area contributed by atoms with E-state index >= 15 is 0 Å². The molecule has 0 aliphatic carbocycles. The van der Waals surface area contributed by atoms with Crippen LogP contribution in [0.25, 0.3) is 33.1 Å². The van der Waals surface area contributed by atoms with Crippen LogP contribution in [0, 0.1) is 6.92 Å². The average Bonchev–Trinajstić information content (AvgIpc) is 3.47. The second-order valence-electron chi connectivity index (χ2n) is 8.38. The molecule has 0 bridgehead atoms. The van der Waals surface area contributed by atoms with Gasteiger partial charge >= 0.3 is 0 Å². The SMILES string of the molecule is Cc1nc(C(=O)NC(C)(C)Cn2cc3c(N)nc4cc(-c5ccn[nH]5)ccc4c3n2)co1. The number of rotatable bonds is 5. The van der Waals surface area contributed by atoms with E-state index in [-0.39, 0.29) is 11.6 Å². The van der Waals surface area contributed by atoms with E-state index in [1.54, 1.807) is 17.8 Å². The van der Waals surface area contributed by atoms with Crippen molar-refractivity contribution in [2.75, 3.05) is 5.73 Å². The molecule has 0 radical (unpaired) electrons. The Hall–Kier alpha value is -4.21. The normalized spacial score (nSPS) is 12.0. The van der Waals surface area contributed by atoms with Crippen LogP contribution in [0.3, 0.4) is 0 Å². The monoisotopic (exact) mass is 430 g/mol. The molecule has 0 spiro atoms. The number of nitrogens with one attached hydrogen (secondary N) is 2. The number of fused-ring (bicyclic) bond motifs is 3. The number of pyridine rings is 1. The second kappa shape index (κ2) is 7.19. The Morgan fingerprint density at radius 1 is 1.25 bits per heavy atom. The Morgan fingerprint density at radius 3 is 2.81 bits per heavy atom. The molecule has 1 amide bonds. The minimum absolute atomic E-state index is 0.244. The first-order valence-corrected chi connectivity index (χ1v) is 10.1. The van der Waals surface area contributed by atoms with Crippen molar-refractivity contribution < 1.29 is 9.21 Å². The number of carbonyl (C=O) groups excluding carboxylic acids is 1. The second-order valence-corrected chi connectivity index (χ2v) is 8.38. The Bertz CT molecular complexity index is 1450. The molecule has 162 valence electrons. The minimum Gasteiger partial charge on any atom is -0.448 e. The smallest absolute Gasteiger partial charge is 0.273 e. The fourth-order valence-electron chi connectivity index (χ4n) is 3.77. The number of aromatic amines is 1. The van der Waals surface area contributed by atoms with Gasteiger partial charge in [-0.3, -0.25) is 14.6 Å². The summed E-state index contributed by atoms with van der Waals surface area (Å²) >= 11 is 0. The zero-order chi connectivity index (χ0) is 22.5. The number of anilines is 1. The first-order chi connectivity index (χ1) is 15.3. The van der Waals surface area contributed by atoms with Gasteiger partial charge in [0.2, 0.25) is 0 Å². The molecule has 4 heterocycles. The number of benzene rings is 1. The molecule has 0 saturated heterocycles. The Balaban J connectivity index is 1.46. The molecule has 5 aromatic rings. The summed E-state index contributed by atoms with van der Waals surface area (Å²) < 4.78 is 6.91. The predicted octanol–water partition coefficient (Wildman–Crippen LogP) is 3.06. The quantitative estimate of drug-likeness (QED) is 0.389. The molecule has 0 unspecified atom stereocenters. The van der Waals surface area contributed by atoms with E-state index in [1.807, 2.05) is 44.3 Å². The van der Waals surface area contributed by atoms with E-state index in [0.29, 0.717) is 18.3 Å². The highest BCUT2D eigenvalue weighted by Gasteiger charge is 2.24. The molecule has 5 rings (SSSR count). The number of nitrogens with two attached hydrogens (primary N) is 1. The van der Waals surface area contributed by atoms with Gasteiger partial charge in [-0.15, -0.1) is 0 Å². The van der Waals surface area contributed by atoms with E-state index in [1.165, 1.54) is 6.26 Å². The molecule has 0 saturated carbocycles. The third-order valence-electron chi connectivity index (χ3n) is 5.20. The number of carbonyl (C=O) groups is 1. The highest BCUT2D eigenvalue weighted by Crippen LogP contribution is 2.30. The molecule has 0 aliphatic heterocycles. The first-order valence-electron chi connectivity index (χ1n) is 10.1. The van der Waals surface area contributed by atoms with Crippen molar-refractivity contribution in [3.05, 3.63) is 54.5 Å². The lowest BCUT2D eigenvalue weighted by molar-refractivity contribution is 0.0898. The van der Waals surface area contributed by atoms with E-state index in [4.69, 9.17) is 15.2 Å². The van der Waals surface area contributed by atoms with Gasteiger partial charge < -0.3 is 15.5 Å². The van der Waals surface area contributed by atoms with Crippen LogP contribution in [0.1, 0.15) is 30.2 Å². The molecule has 0 fully saturated rings. The number of hydrogen-bond acceptors (Lipinski definition) is 7. The molecule has 1 aromatic carbocycles. The average molecular weight is 430 g/mol. The maximum Gasteiger partial charge on any atom is 0.273 e. The number of aryl methyl sites for hydroxylation is 1. The van der Waals surface area contributed by atoms with Gasteiger partial charge in [-0.2, -0.15) is 10.2 Å². The summed E-state index contributed by atoms with van der Waals surface area (Å²) in [7, 11) is 0. The van der Waals surface area contributed by atoms with Gasteiger partial charge in [0.1, 0.15) is 17.6 Å². The predicted molar refractivity (Wildman–Crippen MR) is 120 cm³/mol. The van der Waals surface area contributed by atoms with Crippen LogP contribution in [0.2, 0.25) is 0 Å². The number of nitrogens with zero attached hydrogens (tertiary/aromatic N) is 5. The van der Waals surface area contributed by atoms with Crippen LogP contribution in [-0.2, 0) is 6.54 Å². The van der Waals surface area contributed by atoms with E-state index in [2.05, 4.69) is 25.5 Å². The van der Waals surface area contributed by atoms with Crippen molar-refractivity contribution in [3.8, 4) is 11.3 Å². The minimum atomic E-state index is -0.599. The molecule has 10 nitrogen and oxygen atoms in total.